The first kappa shape index (κ1) is 25.7. The van der Waals surface area contributed by atoms with Crippen LogP contribution in [0.1, 0.15) is 41.0 Å². The third-order valence-electron chi connectivity index (χ3n) is 6.18. The number of hydrogen-bond donors (Lipinski definition) is 1. The highest BCUT2D eigenvalue weighted by atomic mass is 32.2. The maximum Gasteiger partial charge on any atom is 0.248 e. The lowest BCUT2D eigenvalue weighted by Crippen LogP contribution is -2.43. The minimum atomic E-state index is -3.97. The van der Waals surface area contributed by atoms with Crippen LogP contribution in [0.4, 0.5) is 8.78 Å². The van der Waals surface area contributed by atoms with Crippen LogP contribution in [-0.2, 0) is 21.4 Å². The Balaban J connectivity index is 1.42. The molecule has 0 saturated carbocycles. The minimum Gasteiger partial charge on any atom is -0.355 e. The van der Waals surface area contributed by atoms with Crippen molar-refractivity contribution in [3.05, 3.63) is 82.2 Å². The molecule has 7 nitrogen and oxygen atoms in total. The maximum absolute atomic E-state index is 14.0. The molecular formula is C26H27F2N3O4S. The smallest absolute Gasteiger partial charge is 0.248 e. The third-order valence-corrected chi connectivity index (χ3v) is 8.24. The Morgan fingerprint density at radius 3 is 2.58 bits per heavy atom. The van der Waals surface area contributed by atoms with Crippen molar-refractivity contribution in [1.82, 2.24) is 14.8 Å². The average Bonchev–Trinajstić information content (AvgIpc) is 3.23. The van der Waals surface area contributed by atoms with Crippen molar-refractivity contribution in [2.45, 2.75) is 38.1 Å². The summed E-state index contributed by atoms with van der Waals surface area (Å²) in [5.41, 5.74) is 2.37. The van der Waals surface area contributed by atoms with Crippen molar-refractivity contribution in [3.63, 3.8) is 0 Å². The lowest BCUT2D eigenvalue weighted by Gasteiger charge is -2.30. The number of benzene rings is 2. The number of carbonyl (C=O) groups is 1. The fourth-order valence-corrected chi connectivity index (χ4v) is 5.96. The molecule has 1 aromatic heterocycles. The Labute approximate surface area is 208 Å². The van der Waals surface area contributed by atoms with Gasteiger partial charge in [-0.1, -0.05) is 35.0 Å². The largest absolute Gasteiger partial charge is 0.355 e. The van der Waals surface area contributed by atoms with Crippen LogP contribution >= 0.6 is 0 Å². The fraction of sp³-hybridized carbons (Fsp3) is 0.308. The zero-order valence-electron chi connectivity index (χ0n) is 20.0. The second-order valence-electron chi connectivity index (χ2n) is 8.85. The van der Waals surface area contributed by atoms with Crippen LogP contribution in [-0.4, -0.2) is 36.9 Å². The predicted molar refractivity (Wildman–Crippen MR) is 131 cm³/mol. The van der Waals surface area contributed by atoms with Gasteiger partial charge in [-0.3, -0.25) is 4.79 Å². The Kier molecular flexibility index (Phi) is 7.65. The van der Waals surface area contributed by atoms with E-state index < -0.39 is 21.7 Å². The number of aryl methyl sites for hydroxylation is 2. The SMILES string of the molecule is Cc1cccc(CNC(=O)C2CCN(S(=O)(=O)c3c(C)noc3C=Cc3ccc(F)cc3F)CC2)c1. The molecule has 36 heavy (non-hydrogen) atoms. The molecule has 1 saturated heterocycles. The Bertz CT molecular complexity index is 1390. The quantitative estimate of drug-likeness (QED) is 0.502. The molecule has 1 aliphatic rings. The molecule has 190 valence electrons. The normalized spacial score (nSPS) is 15.4. The van der Waals surface area contributed by atoms with Gasteiger partial charge in [-0.2, -0.15) is 4.31 Å². The van der Waals surface area contributed by atoms with Crippen molar-refractivity contribution in [3.8, 4) is 0 Å². The van der Waals surface area contributed by atoms with E-state index in [0.717, 1.165) is 23.3 Å². The zero-order valence-corrected chi connectivity index (χ0v) is 20.8. The zero-order chi connectivity index (χ0) is 25.9. The third kappa shape index (κ3) is 5.71. The highest BCUT2D eigenvalue weighted by Gasteiger charge is 2.35. The van der Waals surface area contributed by atoms with Crippen molar-refractivity contribution < 1.29 is 26.5 Å². The second kappa shape index (κ2) is 10.7. The molecule has 4 rings (SSSR count). The van der Waals surface area contributed by atoms with Crippen LogP contribution < -0.4 is 5.32 Å². The van der Waals surface area contributed by atoms with Gasteiger partial charge in [-0.15, -0.1) is 0 Å². The number of carbonyl (C=O) groups excluding carboxylic acids is 1. The Morgan fingerprint density at radius 2 is 1.89 bits per heavy atom. The van der Waals surface area contributed by atoms with Crippen LogP contribution in [0.5, 0.6) is 0 Å². The highest BCUT2D eigenvalue weighted by molar-refractivity contribution is 7.89. The molecule has 1 fully saturated rings. The molecule has 10 heteroatoms. The number of hydrogen-bond acceptors (Lipinski definition) is 5. The molecule has 0 unspecified atom stereocenters. The Hall–Kier alpha value is -3.37. The number of aromatic nitrogens is 1. The molecule has 0 spiro atoms. The van der Waals surface area contributed by atoms with Gasteiger partial charge in [-0.05, 0) is 56.5 Å². The van der Waals surface area contributed by atoms with E-state index in [2.05, 4.69) is 10.5 Å². The van der Waals surface area contributed by atoms with E-state index >= 15 is 0 Å². The molecule has 3 aromatic rings. The van der Waals surface area contributed by atoms with Crippen LogP contribution in [0.15, 0.2) is 51.9 Å². The van der Waals surface area contributed by atoms with Crippen molar-refractivity contribution >= 4 is 28.1 Å². The number of piperidine rings is 1. The standard InChI is InChI=1S/C26H27F2N3O4S/c1-17-4-3-5-19(14-17)16-29-26(32)21-10-12-31(13-11-21)36(33,34)25-18(2)30-35-24(25)9-7-20-6-8-22(27)15-23(20)28/h3-9,14-15,21H,10-13,16H2,1-2H3,(H,29,32). The van der Waals surface area contributed by atoms with E-state index in [1.807, 2.05) is 31.2 Å². The summed E-state index contributed by atoms with van der Waals surface area (Å²) < 4.78 is 60.4. The van der Waals surface area contributed by atoms with Crippen LogP contribution in [0, 0.1) is 31.4 Å². The van der Waals surface area contributed by atoms with Crippen LogP contribution in [0.25, 0.3) is 12.2 Å². The molecule has 2 heterocycles. The topological polar surface area (TPSA) is 92.5 Å². The van der Waals surface area contributed by atoms with E-state index in [0.29, 0.717) is 19.4 Å². The summed E-state index contributed by atoms with van der Waals surface area (Å²) in [6.07, 6.45) is 3.37. The van der Waals surface area contributed by atoms with Gasteiger partial charge in [0, 0.05) is 37.2 Å². The van der Waals surface area contributed by atoms with E-state index in [1.54, 1.807) is 0 Å². The lowest BCUT2D eigenvalue weighted by atomic mass is 9.97. The van der Waals surface area contributed by atoms with Crippen molar-refractivity contribution in [2.75, 3.05) is 13.1 Å². The molecule has 0 bridgehead atoms. The molecule has 0 aliphatic carbocycles. The van der Waals surface area contributed by atoms with Crippen LogP contribution in [0.2, 0.25) is 0 Å². The number of nitrogens with one attached hydrogen (secondary N) is 1. The van der Waals surface area contributed by atoms with E-state index in [1.165, 1.54) is 29.4 Å². The first-order chi connectivity index (χ1) is 17.1. The fourth-order valence-electron chi connectivity index (χ4n) is 4.24. The van der Waals surface area contributed by atoms with Gasteiger partial charge >= 0.3 is 0 Å². The van der Waals surface area contributed by atoms with Crippen molar-refractivity contribution in [1.29, 1.82) is 0 Å². The minimum absolute atomic E-state index is 0.0470. The summed E-state index contributed by atoms with van der Waals surface area (Å²) in [7, 11) is -3.97. The van der Waals surface area contributed by atoms with Crippen LogP contribution in [0.3, 0.4) is 0 Å². The van der Waals surface area contributed by atoms with Gasteiger partial charge in [0.25, 0.3) is 0 Å². The molecule has 0 atom stereocenters. The summed E-state index contributed by atoms with van der Waals surface area (Å²) in [6, 6.07) is 11.0. The summed E-state index contributed by atoms with van der Waals surface area (Å²) in [4.78, 5) is 12.5. The molecule has 1 N–H and O–H groups in total. The summed E-state index contributed by atoms with van der Waals surface area (Å²) in [5, 5.41) is 6.72. The van der Waals surface area contributed by atoms with Crippen molar-refractivity contribution in [2.24, 2.45) is 5.92 Å². The van der Waals surface area contributed by atoms with E-state index in [4.69, 9.17) is 4.52 Å². The summed E-state index contributed by atoms with van der Waals surface area (Å²) in [5.74, 6) is -1.93. The number of amides is 1. The number of rotatable bonds is 7. The maximum atomic E-state index is 14.0. The summed E-state index contributed by atoms with van der Waals surface area (Å²) >= 11 is 0. The molecule has 0 radical (unpaired) electrons. The molecule has 2 aromatic carbocycles. The second-order valence-corrected chi connectivity index (χ2v) is 10.7. The molecule has 1 aliphatic heterocycles. The number of sulfonamides is 1. The first-order valence-corrected chi connectivity index (χ1v) is 13.0. The van der Waals surface area contributed by atoms with E-state index in [9.17, 15) is 22.0 Å². The molecule has 1 amide bonds. The first-order valence-electron chi connectivity index (χ1n) is 11.6. The van der Waals surface area contributed by atoms with Gasteiger partial charge < -0.3 is 9.84 Å². The predicted octanol–water partition coefficient (Wildman–Crippen LogP) is 4.46. The Morgan fingerprint density at radius 1 is 1.14 bits per heavy atom. The average molecular weight is 516 g/mol. The van der Waals surface area contributed by atoms with Gasteiger partial charge in [0.1, 0.15) is 17.3 Å². The number of halogens is 2. The highest BCUT2D eigenvalue weighted by Crippen LogP contribution is 2.29. The van der Waals surface area contributed by atoms with Gasteiger partial charge in [0.15, 0.2) is 10.7 Å². The monoisotopic (exact) mass is 515 g/mol. The number of nitrogens with zero attached hydrogens (tertiary/aromatic N) is 2. The van der Waals surface area contributed by atoms with Gasteiger partial charge in [0.05, 0.1) is 0 Å². The molecular weight excluding hydrogens is 488 g/mol. The summed E-state index contributed by atoms with van der Waals surface area (Å²) in [6.45, 7) is 4.26. The van der Waals surface area contributed by atoms with Gasteiger partial charge in [0.2, 0.25) is 15.9 Å². The van der Waals surface area contributed by atoms with E-state index in [-0.39, 0.29) is 46.8 Å². The van der Waals surface area contributed by atoms with Gasteiger partial charge in [-0.25, -0.2) is 17.2 Å². The lowest BCUT2D eigenvalue weighted by molar-refractivity contribution is -0.126.